The lowest BCUT2D eigenvalue weighted by atomic mass is 9.92. The molecule has 6 heteroatoms. The Labute approximate surface area is 160 Å². The fraction of sp³-hybridized carbons (Fsp3) is 0.524. The second kappa shape index (κ2) is 6.68. The first-order valence-corrected chi connectivity index (χ1v) is 9.68. The molecule has 1 atom stereocenters. The van der Waals surface area contributed by atoms with Crippen LogP contribution in [0.5, 0.6) is 5.75 Å². The van der Waals surface area contributed by atoms with Crippen molar-refractivity contribution >= 4 is 5.91 Å². The van der Waals surface area contributed by atoms with E-state index in [0.717, 1.165) is 50.3 Å². The van der Waals surface area contributed by atoms with Crippen molar-refractivity contribution in [3.8, 4) is 5.75 Å². The van der Waals surface area contributed by atoms with Gasteiger partial charge < -0.3 is 10.5 Å². The number of aryl methyl sites for hydroxylation is 1. The zero-order valence-corrected chi connectivity index (χ0v) is 16.4. The number of rotatable bonds is 4. The molecular weight excluding hydrogens is 340 g/mol. The first-order chi connectivity index (χ1) is 12.8. The minimum atomic E-state index is -0.397. The monoisotopic (exact) mass is 368 g/mol. The van der Waals surface area contributed by atoms with Crippen LogP contribution in [0.25, 0.3) is 0 Å². The number of hydrogen-bond donors (Lipinski definition) is 1. The predicted octanol–water partition coefficient (Wildman–Crippen LogP) is 2.61. The minimum absolute atomic E-state index is 0.132. The molecule has 4 rings (SSSR count). The Hall–Kier alpha value is -2.34. The summed E-state index contributed by atoms with van der Waals surface area (Å²) in [5.41, 5.74) is 9.36. The number of hydrogen-bond acceptors (Lipinski definition) is 4. The van der Waals surface area contributed by atoms with Gasteiger partial charge in [0, 0.05) is 44.2 Å². The van der Waals surface area contributed by atoms with Gasteiger partial charge in [-0.2, -0.15) is 5.10 Å². The maximum absolute atomic E-state index is 11.8. The summed E-state index contributed by atoms with van der Waals surface area (Å²) in [5, 5.41) is 4.54. The van der Waals surface area contributed by atoms with E-state index in [1.807, 2.05) is 7.05 Å². The van der Waals surface area contributed by atoms with Crippen molar-refractivity contribution in [2.75, 3.05) is 13.1 Å². The molecule has 144 valence electrons. The fourth-order valence-electron chi connectivity index (χ4n) is 4.46. The number of aromatic nitrogens is 2. The summed E-state index contributed by atoms with van der Waals surface area (Å²) in [5.74, 6) is 0.892. The van der Waals surface area contributed by atoms with Crippen molar-refractivity contribution in [2.24, 2.45) is 12.8 Å². The van der Waals surface area contributed by atoms with Crippen LogP contribution in [0.3, 0.4) is 0 Å². The Balaban J connectivity index is 1.53. The molecule has 0 bridgehead atoms. The van der Waals surface area contributed by atoms with E-state index in [0.29, 0.717) is 5.56 Å². The Morgan fingerprint density at radius 2 is 2.22 bits per heavy atom. The second-order valence-electron chi connectivity index (χ2n) is 8.48. The van der Waals surface area contributed by atoms with E-state index in [1.165, 1.54) is 11.1 Å². The predicted molar refractivity (Wildman–Crippen MR) is 104 cm³/mol. The summed E-state index contributed by atoms with van der Waals surface area (Å²) < 4.78 is 7.92. The third-order valence-electron chi connectivity index (χ3n) is 5.58. The number of amides is 1. The Morgan fingerprint density at radius 1 is 1.41 bits per heavy atom. The molecule has 1 saturated heterocycles. The van der Waals surface area contributed by atoms with Gasteiger partial charge in [0.05, 0.1) is 11.3 Å². The summed E-state index contributed by atoms with van der Waals surface area (Å²) in [7, 11) is 1.84. The highest BCUT2D eigenvalue weighted by Gasteiger charge is 2.33. The van der Waals surface area contributed by atoms with Crippen LogP contribution in [-0.4, -0.2) is 39.3 Å². The number of nitrogens with zero attached hydrogens (tertiary/aromatic N) is 3. The van der Waals surface area contributed by atoms with Gasteiger partial charge in [-0.05, 0) is 38.8 Å². The zero-order chi connectivity index (χ0) is 19.2. The highest BCUT2D eigenvalue weighted by molar-refractivity contribution is 5.93. The van der Waals surface area contributed by atoms with Crippen LogP contribution < -0.4 is 10.5 Å². The summed E-state index contributed by atoms with van der Waals surface area (Å²) in [4.78, 5) is 14.2. The molecule has 1 unspecified atom stereocenters. The van der Waals surface area contributed by atoms with E-state index in [2.05, 4.69) is 42.0 Å². The van der Waals surface area contributed by atoms with E-state index >= 15 is 0 Å². The number of ether oxygens (including phenoxy) is 1. The molecule has 2 aliphatic heterocycles. The van der Waals surface area contributed by atoms with Gasteiger partial charge in [-0.3, -0.25) is 14.4 Å². The van der Waals surface area contributed by atoms with Crippen LogP contribution in [0.15, 0.2) is 24.4 Å². The van der Waals surface area contributed by atoms with Crippen LogP contribution in [-0.2, 0) is 20.0 Å². The smallest absolute Gasteiger partial charge is 0.252 e. The number of fused-ring (bicyclic) bond motifs is 1. The molecule has 0 spiro atoms. The zero-order valence-electron chi connectivity index (χ0n) is 16.4. The Morgan fingerprint density at radius 3 is 3.00 bits per heavy atom. The van der Waals surface area contributed by atoms with Crippen LogP contribution in [0.4, 0.5) is 0 Å². The Kier molecular flexibility index (Phi) is 4.46. The van der Waals surface area contributed by atoms with Crippen molar-refractivity contribution in [1.82, 2.24) is 14.7 Å². The summed E-state index contributed by atoms with van der Waals surface area (Å²) >= 11 is 0. The molecule has 2 aliphatic rings. The van der Waals surface area contributed by atoms with Gasteiger partial charge in [0.15, 0.2) is 0 Å². The van der Waals surface area contributed by atoms with Crippen molar-refractivity contribution < 1.29 is 9.53 Å². The van der Waals surface area contributed by atoms with E-state index in [-0.39, 0.29) is 11.5 Å². The van der Waals surface area contributed by atoms with E-state index in [1.54, 1.807) is 10.9 Å². The SMILES string of the molecule is Cn1cc(C(N)=O)c(C2CCCN(Cc3cccc4c3OC(C)(C)C4)C2)n1. The molecule has 27 heavy (non-hydrogen) atoms. The number of para-hydroxylation sites is 1. The van der Waals surface area contributed by atoms with Crippen LogP contribution in [0.2, 0.25) is 0 Å². The van der Waals surface area contributed by atoms with Crippen LogP contribution >= 0.6 is 0 Å². The average Bonchev–Trinajstić information content (AvgIpc) is 3.14. The van der Waals surface area contributed by atoms with Gasteiger partial charge in [0.2, 0.25) is 0 Å². The van der Waals surface area contributed by atoms with Gasteiger partial charge in [-0.25, -0.2) is 0 Å². The average molecular weight is 368 g/mol. The van der Waals surface area contributed by atoms with Crippen molar-refractivity contribution in [2.45, 2.75) is 51.2 Å². The molecule has 6 nitrogen and oxygen atoms in total. The lowest BCUT2D eigenvalue weighted by molar-refractivity contribution is 0.0997. The number of benzene rings is 1. The number of piperidine rings is 1. The third kappa shape index (κ3) is 3.58. The molecule has 2 aromatic rings. The van der Waals surface area contributed by atoms with E-state index in [9.17, 15) is 4.79 Å². The van der Waals surface area contributed by atoms with Gasteiger partial charge >= 0.3 is 0 Å². The van der Waals surface area contributed by atoms with Crippen molar-refractivity contribution in [3.05, 3.63) is 46.8 Å². The largest absolute Gasteiger partial charge is 0.487 e. The normalized spacial score (nSPS) is 21.7. The highest BCUT2D eigenvalue weighted by atomic mass is 16.5. The fourth-order valence-corrected chi connectivity index (χ4v) is 4.46. The quantitative estimate of drug-likeness (QED) is 0.900. The Bertz CT molecular complexity index is 871. The van der Waals surface area contributed by atoms with Crippen molar-refractivity contribution in [1.29, 1.82) is 0 Å². The number of likely N-dealkylation sites (tertiary alicyclic amines) is 1. The number of nitrogens with two attached hydrogens (primary N) is 1. The molecule has 0 saturated carbocycles. The molecule has 1 amide bonds. The molecule has 2 N–H and O–H groups in total. The maximum Gasteiger partial charge on any atom is 0.252 e. The van der Waals surface area contributed by atoms with Crippen LogP contribution in [0, 0.1) is 0 Å². The molecule has 0 aliphatic carbocycles. The number of primary amides is 1. The van der Waals surface area contributed by atoms with E-state index in [4.69, 9.17) is 10.5 Å². The maximum atomic E-state index is 11.8. The molecule has 1 aromatic heterocycles. The summed E-state index contributed by atoms with van der Waals surface area (Å²) in [6.45, 7) is 7.06. The lowest BCUT2D eigenvalue weighted by Crippen LogP contribution is -2.35. The van der Waals surface area contributed by atoms with Crippen molar-refractivity contribution in [3.63, 3.8) is 0 Å². The van der Waals surface area contributed by atoms with Gasteiger partial charge in [-0.1, -0.05) is 18.2 Å². The standard InChI is InChI=1S/C21H28N4O2/c1-21(2)10-14-6-4-7-16(19(14)27-21)12-25-9-5-8-15(11-25)18-17(20(22)26)13-24(3)23-18/h4,6-7,13,15H,5,8-12H2,1-3H3,(H2,22,26). The highest BCUT2D eigenvalue weighted by Crippen LogP contribution is 2.38. The minimum Gasteiger partial charge on any atom is -0.487 e. The first kappa shape index (κ1) is 18.0. The van der Waals surface area contributed by atoms with E-state index < -0.39 is 5.91 Å². The third-order valence-corrected chi connectivity index (χ3v) is 5.58. The lowest BCUT2D eigenvalue weighted by Gasteiger charge is -2.32. The second-order valence-corrected chi connectivity index (χ2v) is 8.48. The summed E-state index contributed by atoms with van der Waals surface area (Å²) in [6.07, 6.45) is 4.80. The summed E-state index contributed by atoms with van der Waals surface area (Å²) in [6, 6.07) is 6.46. The van der Waals surface area contributed by atoms with Gasteiger partial charge in [-0.15, -0.1) is 0 Å². The topological polar surface area (TPSA) is 73.4 Å². The molecule has 0 radical (unpaired) electrons. The van der Waals surface area contributed by atoms with Gasteiger partial charge in [0.25, 0.3) is 5.91 Å². The molecule has 3 heterocycles. The molecule has 1 aromatic carbocycles. The van der Waals surface area contributed by atoms with Crippen LogP contribution in [0.1, 0.15) is 59.8 Å². The number of carbonyl (C=O) groups is 1. The molecular formula is C21H28N4O2. The first-order valence-electron chi connectivity index (χ1n) is 9.68. The van der Waals surface area contributed by atoms with Gasteiger partial charge in [0.1, 0.15) is 11.4 Å². The number of carbonyl (C=O) groups excluding carboxylic acids is 1. The molecule has 1 fully saturated rings.